The van der Waals surface area contributed by atoms with Crippen LogP contribution in [0.25, 0.3) is 0 Å². The number of amides is 1. The lowest BCUT2D eigenvalue weighted by molar-refractivity contribution is -0.125. The standard InChI is InChI=1S/C11H19N3O/c1-8(6-12)7-14(3)9(2)11(15)13-10-4-5-10/h8-10H,4-5,7H2,1-3H3,(H,13,15). The summed E-state index contributed by atoms with van der Waals surface area (Å²) in [6.07, 6.45) is 2.22. The largest absolute Gasteiger partial charge is 0.352 e. The van der Waals surface area contributed by atoms with Gasteiger partial charge in [0, 0.05) is 12.6 Å². The molecule has 1 fully saturated rings. The van der Waals surface area contributed by atoms with Crippen molar-refractivity contribution >= 4 is 5.91 Å². The fourth-order valence-corrected chi connectivity index (χ4v) is 1.38. The third-order valence-corrected chi connectivity index (χ3v) is 2.75. The minimum Gasteiger partial charge on any atom is -0.352 e. The second-order valence-electron chi connectivity index (χ2n) is 4.43. The van der Waals surface area contributed by atoms with Crippen molar-refractivity contribution < 1.29 is 4.79 Å². The molecule has 1 aliphatic rings. The van der Waals surface area contributed by atoms with Gasteiger partial charge in [-0.1, -0.05) is 0 Å². The molecule has 4 nitrogen and oxygen atoms in total. The molecular weight excluding hydrogens is 190 g/mol. The third kappa shape index (κ3) is 3.88. The summed E-state index contributed by atoms with van der Waals surface area (Å²) < 4.78 is 0. The summed E-state index contributed by atoms with van der Waals surface area (Å²) in [6, 6.07) is 2.42. The maximum absolute atomic E-state index is 11.7. The van der Waals surface area contributed by atoms with Crippen LogP contribution in [0.3, 0.4) is 0 Å². The summed E-state index contributed by atoms with van der Waals surface area (Å²) in [5.74, 6) is 0.0383. The van der Waals surface area contributed by atoms with Crippen LogP contribution in [0.2, 0.25) is 0 Å². The Bertz CT molecular complexity index is 267. The van der Waals surface area contributed by atoms with Crippen LogP contribution in [-0.4, -0.2) is 36.5 Å². The average molecular weight is 209 g/mol. The highest BCUT2D eigenvalue weighted by Gasteiger charge is 2.27. The second kappa shape index (κ2) is 5.13. The number of hydrogen-bond acceptors (Lipinski definition) is 3. The zero-order chi connectivity index (χ0) is 11.4. The number of nitrogens with one attached hydrogen (secondary N) is 1. The molecule has 0 spiro atoms. The first-order valence-corrected chi connectivity index (χ1v) is 5.44. The molecule has 0 aliphatic heterocycles. The monoisotopic (exact) mass is 209 g/mol. The van der Waals surface area contributed by atoms with E-state index in [0.717, 1.165) is 12.8 Å². The first-order chi connectivity index (χ1) is 7.04. The first kappa shape index (κ1) is 12.0. The van der Waals surface area contributed by atoms with E-state index < -0.39 is 0 Å². The summed E-state index contributed by atoms with van der Waals surface area (Å²) in [4.78, 5) is 13.6. The van der Waals surface area contributed by atoms with E-state index in [4.69, 9.17) is 5.26 Å². The van der Waals surface area contributed by atoms with E-state index in [1.54, 1.807) is 0 Å². The van der Waals surface area contributed by atoms with E-state index in [1.165, 1.54) is 0 Å². The molecule has 1 N–H and O–H groups in total. The van der Waals surface area contributed by atoms with Gasteiger partial charge in [0.25, 0.3) is 0 Å². The smallest absolute Gasteiger partial charge is 0.237 e. The lowest BCUT2D eigenvalue weighted by Gasteiger charge is -2.24. The Morgan fingerprint density at radius 3 is 2.67 bits per heavy atom. The quantitative estimate of drug-likeness (QED) is 0.726. The Morgan fingerprint density at radius 2 is 2.20 bits per heavy atom. The predicted octanol–water partition coefficient (Wildman–Crippen LogP) is 0.745. The molecule has 15 heavy (non-hydrogen) atoms. The van der Waals surface area contributed by atoms with Crippen LogP contribution in [0.15, 0.2) is 0 Å². The van der Waals surface area contributed by atoms with E-state index in [9.17, 15) is 4.79 Å². The molecule has 1 rings (SSSR count). The van der Waals surface area contributed by atoms with Crippen LogP contribution < -0.4 is 5.32 Å². The highest BCUT2D eigenvalue weighted by molar-refractivity contribution is 5.81. The molecule has 0 heterocycles. The molecule has 0 bridgehead atoms. The molecule has 1 aliphatic carbocycles. The first-order valence-electron chi connectivity index (χ1n) is 5.44. The van der Waals surface area contributed by atoms with Gasteiger partial charge in [-0.25, -0.2) is 0 Å². The van der Waals surface area contributed by atoms with E-state index in [0.29, 0.717) is 12.6 Å². The van der Waals surface area contributed by atoms with Gasteiger partial charge in [-0.15, -0.1) is 0 Å². The maximum Gasteiger partial charge on any atom is 0.237 e. The third-order valence-electron chi connectivity index (χ3n) is 2.75. The van der Waals surface area contributed by atoms with Crippen molar-refractivity contribution in [3.63, 3.8) is 0 Å². The molecule has 0 aromatic rings. The van der Waals surface area contributed by atoms with Gasteiger partial charge in [0.15, 0.2) is 0 Å². The Hall–Kier alpha value is -1.08. The van der Waals surface area contributed by atoms with Gasteiger partial charge in [-0.2, -0.15) is 5.26 Å². The number of rotatable bonds is 5. The summed E-state index contributed by atoms with van der Waals surface area (Å²) in [6.45, 7) is 4.37. The van der Waals surface area contributed by atoms with Crippen LogP contribution in [-0.2, 0) is 4.79 Å². The Morgan fingerprint density at radius 1 is 1.60 bits per heavy atom. The van der Waals surface area contributed by atoms with Gasteiger partial charge in [0.05, 0.1) is 18.0 Å². The maximum atomic E-state index is 11.7. The normalized spacial score (nSPS) is 19.4. The van der Waals surface area contributed by atoms with Gasteiger partial charge >= 0.3 is 0 Å². The SMILES string of the molecule is CC(C#N)CN(C)C(C)C(=O)NC1CC1. The number of carbonyl (C=O) groups excluding carboxylic acids is 1. The second-order valence-corrected chi connectivity index (χ2v) is 4.43. The molecule has 4 heteroatoms. The lowest BCUT2D eigenvalue weighted by atomic mass is 10.1. The van der Waals surface area contributed by atoms with Crippen LogP contribution in [0.5, 0.6) is 0 Å². The Balaban J connectivity index is 2.33. The van der Waals surface area contributed by atoms with Crippen LogP contribution in [0.4, 0.5) is 0 Å². The number of nitriles is 1. The summed E-state index contributed by atoms with van der Waals surface area (Å²) in [5, 5.41) is 11.6. The van der Waals surface area contributed by atoms with Crippen molar-refractivity contribution in [2.45, 2.75) is 38.8 Å². The number of hydrogen-bond donors (Lipinski definition) is 1. The van der Waals surface area contributed by atoms with Crippen LogP contribution in [0.1, 0.15) is 26.7 Å². The average Bonchev–Trinajstić information content (AvgIpc) is 2.99. The minimum absolute atomic E-state index is 0.0359. The van der Waals surface area contributed by atoms with Crippen molar-refractivity contribution in [1.82, 2.24) is 10.2 Å². The van der Waals surface area contributed by atoms with Crippen LogP contribution in [0, 0.1) is 17.2 Å². The molecule has 0 radical (unpaired) electrons. The highest BCUT2D eigenvalue weighted by Crippen LogP contribution is 2.19. The van der Waals surface area contributed by atoms with Gasteiger partial charge in [-0.3, -0.25) is 9.69 Å². The van der Waals surface area contributed by atoms with Crippen molar-refractivity contribution in [2.24, 2.45) is 5.92 Å². The summed E-state index contributed by atoms with van der Waals surface area (Å²) >= 11 is 0. The van der Waals surface area contributed by atoms with Crippen molar-refractivity contribution in [3.8, 4) is 6.07 Å². The van der Waals surface area contributed by atoms with Crippen molar-refractivity contribution in [1.29, 1.82) is 5.26 Å². The summed E-state index contributed by atoms with van der Waals surface area (Å²) in [7, 11) is 1.88. The molecule has 2 unspecified atom stereocenters. The number of carbonyl (C=O) groups is 1. The summed E-state index contributed by atoms with van der Waals surface area (Å²) in [5.41, 5.74) is 0. The fourth-order valence-electron chi connectivity index (χ4n) is 1.38. The van der Waals surface area contributed by atoms with Gasteiger partial charge in [0.2, 0.25) is 5.91 Å². The van der Waals surface area contributed by atoms with Gasteiger partial charge < -0.3 is 5.32 Å². The van der Waals surface area contributed by atoms with Crippen LogP contribution >= 0.6 is 0 Å². The van der Waals surface area contributed by atoms with Crippen molar-refractivity contribution in [2.75, 3.05) is 13.6 Å². The number of nitrogens with zero attached hydrogens (tertiary/aromatic N) is 2. The molecule has 1 saturated carbocycles. The number of likely N-dealkylation sites (N-methyl/N-ethyl adjacent to an activating group) is 1. The highest BCUT2D eigenvalue weighted by atomic mass is 16.2. The lowest BCUT2D eigenvalue weighted by Crippen LogP contribution is -2.45. The molecule has 84 valence electrons. The zero-order valence-corrected chi connectivity index (χ0v) is 9.66. The topological polar surface area (TPSA) is 56.1 Å². The molecule has 0 saturated heterocycles. The van der Waals surface area contributed by atoms with E-state index in [1.807, 2.05) is 25.8 Å². The van der Waals surface area contributed by atoms with E-state index in [-0.39, 0.29) is 17.9 Å². The molecule has 2 atom stereocenters. The zero-order valence-electron chi connectivity index (χ0n) is 9.66. The van der Waals surface area contributed by atoms with Gasteiger partial charge in [0.1, 0.15) is 0 Å². The molecular formula is C11H19N3O. The van der Waals surface area contributed by atoms with Gasteiger partial charge in [-0.05, 0) is 33.7 Å². The molecule has 0 aromatic heterocycles. The Kier molecular flexibility index (Phi) is 4.10. The minimum atomic E-state index is -0.151. The van der Waals surface area contributed by atoms with E-state index in [2.05, 4.69) is 11.4 Å². The predicted molar refractivity (Wildman–Crippen MR) is 58.0 cm³/mol. The molecule has 1 amide bonds. The molecule has 0 aromatic carbocycles. The van der Waals surface area contributed by atoms with E-state index >= 15 is 0 Å². The van der Waals surface area contributed by atoms with Crippen molar-refractivity contribution in [3.05, 3.63) is 0 Å². The fraction of sp³-hybridized carbons (Fsp3) is 0.818. The Labute approximate surface area is 91.2 Å².